The molecular weight excluding hydrogens is 476 g/mol. The topological polar surface area (TPSA) is 123 Å². The SMILES string of the molecule is CC(C)(C)OC(=O)NC[C@@H]1CC(NC(=O)OCC2c3ccccc3-c3ccccc32)C[C@H](CC(=O)O)O1. The fourth-order valence-electron chi connectivity index (χ4n) is 5.01. The molecule has 1 saturated heterocycles. The average molecular weight is 511 g/mol. The normalized spacial score (nSPS) is 20.9. The molecular formula is C28H34N2O7. The van der Waals surface area contributed by atoms with E-state index in [0.29, 0.717) is 12.8 Å². The molecule has 3 N–H and O–H groups in total. The van der Waals surface area contributed by atoms with E-state index in [9.17, 15) is 19.5 Å². The van der Waals surface area contributed by atoms with Gasteiger partial charge in [-0.3, -0.25) is 4.79 Å². The fraction of sp³-hybridized carbons (Fsp3) is 0.464. The van der Waals surface area contributed by atoms with E-state index in [2.05, 4.69) is 34.9 Å². The average Bonchev–Trinajstić information content (AvgIpc) is 3.13. The van der Waals surface area contributed by atoms with Gasteiger partial charge in [0.05, 0.1) is 18.6 Å². The fourth-order valence-corrected chi connectivity index (χ4v) is 5.01. The number of benzene rings is 2. The summed E-state index contributed by atoms with van der Waals surface area (Å²) in [7, 11) is 0. The maximum Gasteiger partial charge on any atom is 0.407 e. The van der Waals surface area contributed by atoms with Gasteiger partial charge in [-0.25, -0.2) is 9.59 Å². The number of aliphatic carboxylic acids is 1. The van der Waals surface area contributed by atoms with E-state index in [0.717, 1.165) is 22.3 Å². The van der Waals surface area contributed by atoms with Gasteiger partial charge in [0, 0.05) is 18.5 Å². The Hall–Kier alpha value is -3.59. The number of carbonyl (C=O) groups is 3. The minimum atomic E-state index is -0.995. The smallest absolute Gasteiger partial charge is 0.407 e. The molecule has 4 rings (SSSR count). The summed E-state index contributed by atoms with van der Waals surface area (Å²) in [4.78, 5) is 36.1. The van der Waals surface area contributed by atoms with Crippen LogP contribution in [0, 0.1) is 0 Å². The van der Waals surface area contributed by atoms with Gasteiger partial charge in [-0.1, -0.05) is 48.5 Å². The van der Waals surface area contributed by atoms with Crippen molar-refractivity contribution >= 4 is 18.2 Å². The summed E-state index contributed by atoms with van der Waals surface area (Å²) in [5.41, 5.74) is 3.90. The number of carboxylic acid groups (broad SMARTS) is 1. The van der Waals surface area contributed by atoms with Crippen molar-refractivity contribution in [3.8, 4) is 11.1 Å². The Balaban J connectivity index is 1.35. The van der Waals surface area contributed by atoms with Crippen LogP contribution in [-0.2, 0) is 19.0 Å². The number of hydrogen-bond acceptors (Lipinski definition) is 6. The Labute approximate surface area is 216 Å². The van der Waals surface area contributed by atoms with E-state index in [1.54, 1.807) is 20.8 Å². The third-order valence-electron chi connectivity index (χ3n) is 6.42. The molecule has 9 nitrogen and oxygen atoms in total. The molecule has 0 radical (unpaired) electrons. The summed E-state index contributed by atoms with van der Waals surface area (Å²) in [6, 6.07) is 15.9. The van der Waals surface area contributed by atoms with E-state index < -0.39 is 36.0 Å². The van der Waals surface area contributed by atoms with Gasteiger partial charge in [0.25, 0.3) is 0 Å². The van der Waals surface area contributed by atoms with Crippen molar-refractivity contribution in [2.75, 3.05) is 13.2 Å². The molecule has 1 heterocycles. The molecule has 37 heavy (non-hydrogen) atoms. The van der Waals surface area contributed by atoms with E-state index >= 15 is 0 Å². The summed E-state index contributed by atoms with van der Waals surface area (Å²) in [6.45, 7) is 5.61. The molecule has 0 spiro atoms. The highest BCUT2D eigenvalue weighted by atomic mass is 16.6. The van der Waals surface area contributed by atoms with Crippen molar-refractivity contribution in [1.82, 2.24) is 10.6 Å². The monoisotopic (exact) mass is 510 g/mol. The van der Waals surface area contributed by atoms with Gasteiger partial charge in [0.1, 0.15) is 12.2 Å². The van der Waals surface area contributed by atoms with Crippen LogP contribution in [0.2, 0.25) is 0 Å². The summed E-state index contributed by atoms with van der Waals surface area (Å²) in [6.07, 6.45) is -1.71. The van der Waals surface area contributed by atoms with Gasteiger partial charge >= 0.3 is 18.2 Å². The molecule has 2 aromatic carbocycles. The third-order valence-corrected chi connectivity index (χ3v) is 6.42. The lowest BCUT2D eigenvalue weighted by Crippen LogP contribution is -2.49. The van der Waals surface area contributed by atoms with Crippen LogP contribution < -0.4 is 10.6 Å². The predicted octanol–water partition coefficient (Wildman–Crippen LogP) is 4.44. The number of hydrogen-bond donors (Lipinski definition) is 3. The van der Waals surface area contributed by atoms with Crippen LogP contribution >= 0.6 is 0 Å². The standard InChI is InChI=1S/C28H34N2O7/c1-28(2,3)37-26(33)29-15-19-13-17(12-18(36-19)14-25(31)32)30-27(34)35-16-24-22-10-6-4-8-20(22)21-9-5-7-11-23(21)24/h4-11,17-19,24H,12-16H2,1-3H3,(H,29,33)(H,30,34)(H,31,32)/t17?,18-,19+/m1/s1. The molecule has 0 aromatic heterocycles. The van der Waals surface area contributed by atoms with E-state index in [4.69, 9.17) is 14.2 Å². The van der Waals surface area contributed by atoms with Crippen molar-refractivity contribution in [2.24, 2.45) is 0 Å². The zero-order valence-corrected chi connectivity index (χ0v) is 21.4. The van der Waals surface area contributed by atoms with Gasteiger partial charge in [0.15, 0.2) is 0 Å². The Morgan fingerprint density at radius 2 is 1.54 bits per heavy atom. The molecule has 1 unspecified atom stereocenters. The molecule has 3 atom stereocenters. The Morgan fingerprint density at radius 1 is 0.946 bits per heavy atom. The first-order chi connectivity index (χ1) is 17.6. The molecule has 1 aliphatic carbocycles. The van der Waals surface area contributed by atoms with Crippen LogP contribution in [0.15, 0.2) is 48.5 Å². The van der Waals surface area contributed by atoms with Crippen molar-refractivity contribution < 1.29 is 33.7 Å². The van der Waals surface area contributed by atoms with Gasteiger partial charge in [0.2, 0.25) is 0 Å². The maximum absolute atomic E-state index is 12.8. The number of ether oxygens (including phenoxy) is 3. The minimum absolute atomic E-state index is 0.0571. The van der Waals surface area contributed by atoms with Gasteiger partial charge in [-0.05, 0) is 55.9 Å². The highest BCUT2D eigenvalue weighted by Crippen LogP contribution is 2.44. The van der Waals surface area contributed by atoms with Crippen molar-refractivity contribution in [3.63, 3.8) is 0 Å². The quantitative estimate of drug-likeness (QED) is 0.503. The second kappa shape index (κ2) is 11.2. The summed E-state index contributed by atoms with van der Waals surface area (Å²) >= 11 is 0. The first-order valence-corrected chi connectivity index (χ1v) is 12.5. The summed E-state index contributed by atoms with van der Waals surface area (Å²) < 4.78 is 16.8. The predicted molar refractivity (Wildman–Crippen MR) is 136 cm³/mol. The van der Waals surface area contributed by atoms with Crippen LogP contribution in [0.1, 0.15) is 57.1 Å². The number of carbonyl (C=O) groups excluding carboxylic acids is 2. The first-order valence-electron chi connectivity index (χ1n) is 12.5. The maximum atomic E-state index is 12.8. The molecule has 2 aromatic rings. The second-order valence-corrected chi connectivity index (χ2v) is 10.5. The number of amides is 2. The van der Waals surface area contributed by atoms with Crippen LogP contribution in [0.4, 0.5) is 9.59 Å². The van der Waals surface area contributed by atoms with Crippen molar-refractivity contribution in [1.29, 1.82) is 0 Å². The van der Waals surface area contributed by atoms with E-state index in [-0.39, 0.29) is 31.5 Å². The van der Waals surface area contributed by atoms with Crippen LogP contribution in [-0.4, -0.2) is 60.3 Å². The van der Waals surface area contributed by atoms with Gasteiger partial charge in [-0.2, -0.15) is 0 Å². The summed E-state index contributed by atoms with van der Waals surface area (Å²) in [5, 5.41) is 14.8. The van der Waals surface area contributed by atoms with Gasteiger partial charge in [-0.15, -0.1) is 0 Å². The lowest BCUT2D eigenvalue weighted by Gasteiger charge is -2.35. The minimum Gasteiger partial charge on any atom is -0.481 e. The Bertz CT molecular complexity index is 1100. The van der Waals surface area contributed by atoms with Gasteiger partial charge < -0.3 is 30.0 Å². The van der Waals surface area contributed by atoms with Crippen LogP contribution in [0.5, 0.6) is 0 Å². The van der Waals surface area contributed by atoms with E-state index in [1.807, 2.05) is 24.3 Å². The molecule has 0 bridgehead atoms. The first kappa shape index (κ1) is 26.5. The molecule has 2 aliphatic rings. The number of carboxylic acids is 1. The number of nitrogens with one attached hydrogen (secondary N) is 2. The number of rotatable bonds is 7. The largest absolute Gasteiger partial charge is 0.481 e. The molecule has 1 fully saturated rings. The Kier molecular flexibility index (Phi) is 8.02. The lowest BCUT2D eigenvalue weighted by atomic mass is 9.96. The van der Waals surface area contributed by atoms with Crippen LogP contribution in [0.25, 0.3) is 11.1 Å². The molecule has 198 valence electrons. The number of alkyl carbamates (subject to hydrolysis) is 2. The molecule has 2 amide bonds. The zero-order valence-electron chi connectivity index (χ0n) is 21.4. The van der Waals surface area contributed by atoms with Crippen molar-refractivity contribution in [3.05, 3.63) is 59.7 Å². The van der Waals surface area contributed by atoms with E-state index in [1.165, 1.54) is 0 Å². The zero-order chi connectivity index (χ0) is 26.6. The van der Waals surface area contributed by atoms with Crippen LogP contribution in [0.3, 0.4) is 0 Å². The molecule has 9 heteroatoms. The second-order valence-electron chi connectivity index (χ2n) is 10.5. The highest BCUT2D eigenvalue weighted by molar-refractivity contribution is 5.79. The van der Waals surface area contributed by atoms with Crippen molar-refractivity contribution in [2.45, 2.75) is 69.8 Å². The molecule has 1 aliphatic heterocycles. The lowest BCUT2D eigenvalue weighted by molar-refractivity contribution is -0.143. The highest BCUT2D eigenvalue weighted by Gasteiger charge is 2.33. The summed E-state index contributed by atoms with van der Waals surface area (Å²) in [5.74, 6) is -1.05. The molecule has 0 saturated carbocycles. The number of fused-ring (bicyclic) bond motifs is 3. The Morgan fingerprint density at radius 3 is 2.14 bits per heavy atom. The third kappa shape index (κ3) is 7.01.